The normalized spacial score (nSPS) is 24.0. The predicted octanol–water partition coefficient (Wildman–Crippen LogP) is 0.877. The third-order valence-corrected chi connectivity index (χ3v) is 4.44. The molecule has 9 heteroatoms. The molecular weight excluding hydrogens is 339 g/mol. The molecule has 2 aliphatic heterocycles. The maximum Gasteiger partial charge on any atom is 0.416 e. The van der Waals surface area contributed by atoms with Crippen LogP contribution in [-0.4, -0.2) is 59.2 Å². The van der Waals surface area contributed by atoms with Crippen LogP contribution in [0.1, 0.15) is 22.8 Å². The Morgan fingerprint density at radius 2 is 1.80 bits per heavy atom. The summed E-state index contributed by atoms with van der Waals surface area (Å²) in [5.74, 6) is -1.00. The number of amides is 3. The van der Waals surface area contributed by atoms with E-state index in [-0.39, 0.29) is 37.0 Å². The Bertz CT molecular complexity index is 718. The number of halogens is 3. The Morgan fingerprint density at radius 3 is 2.40 bits per heavy atom. The molecule has 3 rings (SSSR count). The second-order valence-corrected chi connectivity index (χ2v) is 6.10. The second-order valence-electron chi connectivity index (χ2n) is 6.10. The van der Waals surface area contributed by atoms with Gasteiger partial charge in [0, 0.05) is 18.7 Å². The lowest BCUT2D eigenvalue weighted by molar-refractivity contribution is -0.151. The predicted molar refractivity (Wildman–Crippen MR) is 80.5 cm³/mol. The molecule has 1 aromatic carbocycles. The summed E-state index contributed by atoms with van der Waals surface area (Å²) in [5.41, 5.74) is -0.725. The summed E-state index contributed by atoms with van der Waals surface area (Å²) in [4.78, 5) is 39.5. The van der Waals surface area contributed by atoms with Crippen molar-refractivity contribution in [1.82, 2.24) is 15.1 Å². The molecule has 1 aromatic rings. The minimum atomic E-state index is -4.47. The van der Waals surface area contributed by atoms with Crippen molar-refractivity contribution in [2.24, 2.45) is 0 Å². The van der Waals surface area contributed by atoms with E-state index in [4.69, 9.17) is 0 Å². The van der Waals surface area contributed by atoms with Gasteiger partial charge in [0.05, 0.1) is 12.1 Å². The summed E-state index contributed by atoms with van der Waals surface area (Å²) >= 11 is 0. The largest absolute Gasteiger partial charge is 0.416 e. The van der Waals surface area contributed by atoms with E-state index >= 15 is 0 Å². The Morgan fingerprint density at radius 1 is 1.16 bits per heavy atom. The van der Waals surface area contributed by atoms with Crippen LogP contribution in [0.15, 0.2) is 24.3 Å². The molecule has 2 saturated heterocycles. The highest BCUT2D eigenvalue weighted by Gasteiger charge is 2.42. The lowest BCUT2D eigenvalue weighted by atomic mass is 10.0. The van der Waals surface area contributed by atoms with Gasteiger partial charge in [0.25, 0.3) is 5.91 Å². The highest BCUT2D eigenvalue weighted by molar-refractivity contribution is 5.99. The fraction of sp³-hybridized carbons (Fsp3) is 0.438. The van der Waals surface area contributed by atoms with Crippen LogP contribution in [0.3, 0.4) is 0 Å². The zero-order valence-electron chi connectivity index (χ0n) is 13.3. The first-order valence-corrected chi connectivity index (χ1v) is 7.76. The van der Waals surface area contributed by atoms with E-state index in [1.165, 1.54) is 9.80 Å². The zero-order valence-corrected chi connectivity index (χ0v) is 13.3. The Hall–Kier alpha value is -2.58. The molecule has 2 heterocycles. The first kappa shape index (κ1) is 17.2. The SMILES string of the molecule is C[C@@H]1NC(=O)[C@H]2CN(C(=O)c3ccc(C(F)(F)F)cc3)CCN2C1=O. The van der Waals surface area contributed by atoms with Crippen molar-refractivity contribution >= 4 is 17.7 Å². The average Bonchev–Trinajstić information content (AvgIpc) is 2.58. The van der Waals surface area contributed by atoms with Crippen molar-refractivity contribution in [2.45, 2.75) is 25.2 Å². The number of rotatable bonds is 1. The lowest BCUT2D eigenvalue weighted by Gasteiger charge is -2.44. The van der Waals surface area contributed by atoms with Gasteiger partial charge in [-0.3, -0.25) is 14.4 Å². The fourth-order valence-electron chi connectivity index (χ4n) is 3.06. The van der Waals surface area contributed by atoms with E-state index < -0.39 is 29.7 Å². The summed E-state index contributed by atoms with van der Waals surface area (Å²) in [6.07, 6.45) is -4.47. The van der Waals surface area contributed by atoms with Gasteiger partial charge < -0.3 is 15.1 Å². The number of carbonyl (C=O) groups is 3. The quantitative estimate of drug-likeness (QED) is 0.813. The van der Waals surface area contributed by atoms with E-state index in [9.17, 15) is 27.6 Å². The highest BCUT2D eigenvalue weighted by Crippen LogP contribution is 2.29. The minimum Gasteiger partial charge on any atom is -0.343 e. The molecule has 134 valence electrons. The molecule has 0 radical (unpaired) electrons. The van der Waals surface area contributed by atoms with Gasteiger partial charge in [-0.1, -0.05) is 0 Å². The van der Waals surface area contributed by atoms with Crippen LogP contribution >= 0.6 is 0 Å². The molecule has 2 atom stereocenters. The van der Waals surface area contributed by atoms with Gasteiger partial charge in [0.15, 0.2) is 0 Å². The topological polar surface area (TPSA) is 69.7 Å². The van der Waals surface area contributed by atoms with Crippen LogP contribution in [0.25, 0.3) is 0 Å². The van der Waals surface area contributed by atoms with Crippen LogP contribution in [0, 0.1) is 0 Å². The summed E-state index contributed by atoms with van der Waals surface area (Å²) in [6.45, 7) is 2.05. The summed E-state index contributed by atoms with van der Waals surface area (Å²) in [5, 5.41) is 2.56. The van der Waals surface area contributed by atoms with Crippen LogP contribution in [0.5, 0.6) is 0 Å². The summed E-state index contributed by atoms with van der Waals surface area (Å²) in [7, 11) is 0. The van der Waals surface area contributed by atoms with Gasteiger partial charge in [0.2, 0.25) is 11.8 Å². The van der Waals surface area contributed by atoms with Crippen molar-refractivity contribution in [2.75, 3.05) is 19.6 Å². The highest BCUT2D eigenvalue weighted by atomic mass is 19.4. The Kier molecular flexibility index (Phi) is 4.18. The van der Waals surface area contributed by atoms with Gasteiger partial charge >= 0.3 is 6.18 Å². The first-order valence-electron chi connectivity index (χ1n) is 7.76. The number of fused-ring (bicyclic) bond motifs is 1. The molecular formula is C16H16F3N3O3. The number of hydrogen-bond acceptors (Lipinski definition) is 3. The third kappa shape index (κ3) is 3.18. The van der Waals surface area contributed by atoms with Gasteiger partial charge in [-0.25, -0.2) is 0 Å². The van der Waals surface area contributed by atoms with Crippen molar-refractivity contribution in [1.29, 1.82) is 0 Å². The molecule has 3 amide bonds. The van der Waals surface area contributed by atoms with Crippen LogP contribution in [0.2, 0.25) is 0 Å². The van der Waals surface area contributed by atoms with E-state index in [1.54, 1.807) is 6.92 Å². The molecule has 0 saturated carbocycles. The maximum absolute atomic E-state index is 12.6. The van der Waals surface area contributed by atoms with Gasteiger partial charge in [-0.05, 0) is 31.2 Å². The van der Waals surface area contributed by atoms with E-state index in [1.807, 2.05) is 0 Å². The average molecular weight is 355 g/mol. The Balaban J connectivity index is 1.74. The molecule has 6 nitrogen and oxygen atoms in total. The molecule has 0 unspecified atom stereocenters. The number of benzene rings is 1. The van der Waals surface area contributed by atoms with Crippen LogP contribution in [0.4, 0.5) is 13.2 Å². The van der Waals surface area contributed by atoms with Gasteiger partial charge in [-0.2, -0.15) is 13.2 Å². The molecule has 1 N–H and O–H groups in total. The number of piperazine rings is 2. The number of nitrogens with one attached hydrogen (secondary N) is 1. The van der Waals surface area contributed by atoms with Crippen molar-refractivity contribution in [3.8, 4) is 0 Å². The molecule has 2 fully saturated rings. The first-order chi connectivity index (χ1) is 11.7. The molecule has 2 aliphatic rings. The van der Waals surface area contributed by atoms with Crippen molar-refractivity contribution in [3.63, 3.8) is 0 Å². The maximum atomic E-state index is 12.6. The monoisotopic (exact) mass is 355 g/mol. The van der Waals surface area contributed by atoms with Gasteiger partial charge in [0.1, 0.15) is 12.1 Å². The smallest absolute Gasteiger partial charge is 0.343 e. The van der Waals surface area contributed by atoms with Crippen LogP contribution < -0.4 is 5.32 Å². The Labute approximate surface area is 141 Å². The minimum absolute atomic E-state index is 0.0180. The fourth-order valence-corrected chi connectivity index (χ4v) is 3.06. The van der Waals surface area contributed by atoms with Crippen LogP contribution in [-0.2, 0) is 15.8 Å². The molecule has 0 spiro atoms. The number of nitrogens with zero attached hydrogens (tertiary/aromatic N) is 2. The van der Waals surface area contributed by atoms with E-state index in [0.29, 0.717) is 0 Å². The zero-order chi connectivity index (χ0) is 18.4. The summed E-state index contributed by atoms with van der Waals surface area (Å²) < 4.78 is 37.8. The standard InChI is InChI=1S/C16H16F3N3O3/c1-9-14(24)22-7-6-21(8-12(22)13(23)20-9)15(25)10-2-4-11(5-3-10)16(17,18)19/h2-5,9,12H,6-8H2,1H3,(H,20,23)/t9-,12+/m0/s1. The second kappa shape index (κ2) is 6.05. The third-order valence-electron chi connectivity index (χ3n) is 4.44. The van der Waals surface area contributed by atoms with E-state index in [0.717, 1.165) is 24.3 Å². The summed E-state index contributed by atoms with van der Waals surface area (Å²) in [6, 6.07) is 2.57. The molecule has 25 heavy (non-hydrogen) atoms. The number of carbonyl (C=O) groups excluding carboxylic acids is 3. The molecule has 0 aliphatic carbocycles. The molecule has 0 aromatic heterocycles. The van der Waals surface area contributed by atoms with E-state index in [2.05, 4.69) is 5.32 Å². The van der Waals surface area contributed by atoms with Crippen molar-refractivity contribution in [3.05, 3.63) is 35.4 Å². The molecule has 0 bridgehead atoms. The number of hydrogen-bond donors (Lipinski definition) is 1. The van der Waals surface area contributed by atoms with Gasteiger partial charge in [-0.15, -0.1) is 0 Å². The number of alkyl halides is 3. The lowest BCUT2D eigenvalue weighted by Crippen LogP contribution is -2.69. The van der Waals surface area contributed by atoms with Crippen molar-refractivity contribution < 1.29 is 27.6 Å².